The second-order valence-electron chi connectivity index (χ2n) is 5.53. The predicted octanol–water partition coefficient (Wildman–Crippen LogP) is 4.53. The molecule has 6 nitrogen and oxygen atoms in total. The van der Waals surface area contributed by atoms with E-state index < -0.39 is 23.1 Å². The number of amides is 1. The fraction of sp³-hybridized carbons (Fsp3) is 0. The molecule has 0 aliphatic heterocycles. The largest absolute Gasteiger partial charge is 0.459 e. The number of halogens is 2. The molecule has 2 heterocycles. The van der Waals surface area contributed by atoms with E-state index in [1.54, 1.807) is 30.3 Å². The molecule has 0 spiro atoms. The number of aromatic nitrogens is 2. The van der Waals surface area contributed by atoms with Crippen LogP contribution < -0.4 is 5.32 Å². The lowest BCUT2D eigenvalue weighted by molar-refractivity contribution is 0.0996. The Labute approximate surface area is 151 Å². The van der Waals surface area contributed by atoms with Crippen molar-refractivity contribution in [1.82, 2.24) is 10.1 Å². The monoisotopic (exact) mass is 367 g/mol. The van der Waals surface area contributed by atoms with Gasteiger partial charge in [0.1, 0.15) is 17.2 Å². The number of nitrogens with one attached hydrogen (secondary N) is 1. The number of benzene rings is 2. The lowest BCUT2D eigenvalue weighted by atomic mass is 10.1. The summed E-state index contributed by atoms with van der Waals surface area (Å²) in [5, 5.41) is 6.44. The van der Waals surface area contributed by atoms with Crippen molar-refractivity contribution in [1.29, 1.82) is 0 Å². The first-order valence-electron chi connectivity index (χ1n) is 7.85. The number of nitrogens with zero attached hydrogens (tertiary/aromatic N) is 2. The van der Waals surface area contributed by atoms with Gasteiger partial charge in [0.05, 0.1) is 6.26 Å². The first kappa shape index (κ1) is 16.6. The Morgan fingerprint density at radius 1 is 1.00 bits per heavy atom. The average Bonchev–Trinajstić information content (AvgIpc) is 3.34. The van der Waals surface area contributed by atoms with E-state index in [-0.39, 0.29) is 17.5 Å². The van der Waals surface area contributed by atoms with E-state index in [1.807, 2.05) is 0 Å². The molecule has 134 valence electrons. The van der Waals surface area contributed by atoms with E-state index in [0.717, 1.165) is 12.1 Å². The standard InChI is InChI=1S/C19H11F2N3O3/c20-13-6-2-7-14(21)16(13)19-23-17(24-27-19)11-4-1-5-12(10-11)22-18(25)15-8-3-9-26-15/h1-10H,(H,22,25). The number of hydrogen-bond donors (Lipinski definition) is 1. The van der Waals surface area contributed by atoms with Gasteiger partial charge >= 0.3 is 0 Å². The maximum atomic E-state index is 13.9. The van der Waals surface area contributed by atoms with Gasteiger partial charge in [-0.25, -0.2) is 8.78 Å². The number of hydrogen-bond acceptors (Lipinski definition) is 5. The number of carbonyl (C=O) groups excluding carboxylic acids is 1. The molecule has 0 fully saturated rings. The smallest absolute Gasteiger partial charge is 0.291 e. The summed E-state index contributed by atoms with van der Waals surface area (Å²) in [6.07, 6.45) is 1.40. The van der Waals surface area contributed by atoms with Crippen LogP contribution in [0, 0.1) is 11.6 Å². The summed E-state index contributed by atoms with van der Waals surface area (Å²) < 4.78 is 37.8. The van der Waals surface area contributed by atoms with Crippen LogP contribution >= 0.6 is 0 Å². The molecule has 0 unspecified atom stereocenters. The second kappa shape index (κ2) is 6.83. The summed E-state index contributed by atoms with van der Waals surface area (Å²) in [5.41, 5.74) is 0.579. The highest BCUT2D eigenvalue weighted by atomic mass is 19.1. The summed E-state index contributed by atoms with van der Waals surface area (Å²) in [7, 11) is 0. The lowest BCUT2D eigenvalue weighted by Gasteiger charge is -2.04. The Morgan fingerprint density at radius 3 is 2.52 bits per heavy atom. The molecule has 0 radical (unpaired) electrons. The van der Waals surface area contributed by atoms with Crippen molar-refractivity contribution in [3.05, 3.63) is 78.3 Å². The van der Waals surface area contributed by atoms with Gasteiger partial charge in [0.15, 0.2) is 5.76 Å². The number of furan rings is 1. The third-order valence-electron chi connectivity index (χ3n) is 3.73. The molecule has 2 aromatic heterocycles. The Kier molecular flexibility index (Phi) is 4.21. The SMILES string of the molecule is O=C(Nc1cccc(-c2noc(-c3c(F)cccc3F)n2)c1)c1ccco1. The molecule has 2 aromatic carbocycles. The quantitative estimate of drug-likeness (QED) is 0.573. The molecule has 0 atom stereocenters. The lowest BCUT2D eigenvalue weighted by Crippen LogP contribution is -2.10. The molecule has 0 aliphatic rings. The van der Waals surface area contributed by atoms with Crippen molar-refractivity contribution >= 4 is 11.6 Å². The molecule has 0 aliphatic carbocycles. The van der Waals surface area contributed by atoms with Crippen molar-refractivity contribution in [3.63, 3.8) is 0 Å². The Morgan fingerprint density at radius 2 is 1.78 bits per heavy atom. The summed E-state index contributed by atoms with van der Waals surface area (Å²) >= 11 is 0. The fourth-order valence-electron chi connectivity index (χ4n) is 2.48. The highest BCUT2D eigenvalue weighted by molar-refractivity contribution is 6.02. The van der Waals surface area contributed by atoms with E-state index in [1.165, 1.54) is 18.4 Å². The van der Waals surface area contributed by atoms with E-state index in [0.29, 0.717) is 11.3 Å². The normalized spacial score (nSPS) is 10.7. The summed E-state index contributed by atoms with van der Waals surface area (Å²) in [6, 6.07) is 13.2. The topological polar surface area (TPSA) is 81.2 Å². The van der Waals surface area contributed by atoms with Crippen LogP contribution in [0.25, 0.3) is 22.8 Å². The van der Waals surface area contributed by atoms with Crippen LogP contribution in [0.2, 0.25) is 0 Å². The van der Waals surface area contributed by atoms with Crippen LogP contribution in [0.5, 0.6) is 0 Å². The summed E-state index contributed by atoms with van der Waals surface area (Å²) in [6.45, 7) is 0. The van der Waals surface area contributed by atoms with Crippen LogP contribution in [0.15, 0.2) is 69.8 Å². The molecule has 8 heteroatoms. The zero-order chi connectivity index (χ0) is 18.8. The van der Waals surface area contributed by atoms with Crippen LogP contribution in [-0.4, -0.2) is 16.0 Å². The fourth-order valence-corrected chi connectivity index (χ4v) is 2.48. The van der Waals surface area contributed by atoms with Gasteiger partial charge in [0.25, 0.3) is 11.8 Å². The minimum absolute atomic E-state index is 0.127. The van der Waals surface area contributed by atoms with E-state index in [9.17, 15) is 13.6 Å². The van der Waals surface area contributed by atoms with Crippen molar-refractivity contribution in [2.75, 3.05) is 5.32 Å². The van der Waals surface area contributed by atoms with Gasteiger partial charge < -0.3 is 14.3 Å². The molecule has 1 N–H and O–H groups in total. The molecule has 0 bridgehead atoms. The minimum atomic E-state index is -0.801. The van der Waals surface area contributed by atoms with Crippen LogP contribution in [-0.2, 0) is 0 Å². The Bertz CT molecular complexity index is 1090. The number of carbonyl (C=O) groups is 1. The zero-order valence-corrected chi connectivity index (χ0v) is 13.6. The number of rotatable bonds is 4. The van der Waals surface area contributed by atoms with Crippen molar-refractivity contribution < 1.29 is 22.5 Å². The van der Waals surface area contributed by atoms with Gasteiger partial charge in [-0.3, -0.25) is 4.79 Å². The van der Waals surface area contributed by atoms with Gasteiger partial charge in [0.2, 0.25) is 5.82 Å². The van der Waals surface area contributed by atoms with Gasteiger partial charge in [-0.2, -0.15) is 4.98 Å². The molecular formula is C19H11F2N3O3. The van der Waals surface area contributed by atoms with Crippen LogP contribution in [0.3, 0.4) is 0 Å². The molecule has 27 heavy (non-hydrogen) atoms. The molecule has 4 aromatic rings. The highest BCUT2D eigenvalue weighted by Crippen LogP contribution is 2.27. The predicted molar refractivity (Wildman–Crippen MR) is 91.7 cm³/mol. The maximum Gasteiger partial charge on any atom is 0.291 e. The molecule has 0 saturated carbocycles. The van der Waals surface area contributed by atoms with Gasteiger partial charge in [-0.1, -0.05) is 23.4 Å². The van der Waals surface area contributed by atoms with Gasteiger partial charge in [-0.15, -0.1) is 0 Å². The summed E-state index contributed by atoms with van der Waals surface area (Å²) in [5.74, 6) is -2.00. The first-order valence-corrected chi connectivity index (χ1v) is 7.85. The molecular weight excluding hydrogens is 356 g/mol. The molecule has 1 amide bonds. The number of anilines is 1. The average molecular weight is 367 g/mol. The van der Waals surface area contributed by atoms with Crippen molar-refractivity contribution in [2.45, 2.75) is 0 Å². The van der Waals surface area contributed by atoms with Crippen molar-refractivity contribution in [3.8, 4) is 22.8 Å². The van der Waals surface area contributed by atoms with E-state index in [4.69, 9.17) is 8.94 Å². The Balaban J connectivity index is 1.62. The zero-order valence-electron chi connectivity index (χ0n) is 13.6. The third kappa shape index (κ3) is 3.32. The second-order valence-corrected chi connectivity index (χ2v) is 5.53. The van der Waals surface area contributed by atoms with Gasteiger partial charge in [-0.05, 0) is 36.4 Å². The van der Waals surface area contributed by atoms with Gasteiger partial charge in [0, 0.05) is 11.3 Å². The van der Waals surface area contributed by atoms with E-state index in [2.05, 4.69) is 15.5 Å². The first-order chi connectivity index (χ1) is 13.1. The summed E-state index contributed by atoms with van der Waals surface area (Å²) in [4.78, 5) is 16.1. The minimum Gasteiger partial charge on any atom is -0.459 e. The van der Waals surface area contributed by atoms with Crippen molar-refractivity contribution in [2.24, 2.45) is 0 Å². The Hall–Kier alpha value is -3.81. The van der Waals surface area contributed by atoms with E-state index >= 15 is 0 Å². The third-order valence-corrected chi connectivity index (χ3v) is 3.73. The maximum absolute atomic E-state index is 13.9. The molecule has 4 rings (SSSR count). The van der Waals surface area contributed by atoms with Crippen LogP contribution in [0.4, 0.5) is 14.5 Å². The highest BCUT2D eigenvalue weighted by Gasteiger charge is 2.19. The molecule has 0 saturated heterocycles. The van der Waals surface area contributed by atoms with Crippen LogP contribution in [0.1, 0.15) is 10.6 Å².